The van der Waals surface area contributed by atoms with E-state index in [1.165, 1.54) is 47.7 Å². The maximum Gasteiger partial charge on any atom is 0.0178 e. The molecule has 1 fully saturated rings. The van der Waals surface area contributed by atoms with E-state index in [1.54, 1.807) is 0 Å². The average Bonchev–Trinajstić information content (AvgIpc) is 2.53. The molecule has 0 aliphatic heterocycles. The molecule has 1 unspecified atom stereocenters. The Kier molecular flexibility index (Phi) is 2.57. The minimum atomic E-state index is 0.694. The number of hydrogen-bond donors (Lipinski definition) is 1. The van der Waals surface area contributed by atoms with Crippen molar-refractivity contribution in [2.45, 2.75) is 44.2 Å². The minimum absolute atomic E-state index is 0.694. The molecule has 0 bridgehead atoms. The second-order valence-corrected chi connectivity index (χ2v) is 5.73. The summed E-state index contributed by atoms with van der Waals surface area (Å²) in [5.41, 5.74) is 3.07. The number of benzene rings is 1. The van der Waals surface area contributed by atoms with Gasteiger partial charge in [0.1, 0.15) is 0 Å². The molecular weight excluding hydrogens is 250 g/mol. The van der Waals surface area contributed by atoms with Gasteiger partial charge in [0.15, 0.2) is 0 Å². The molecule has 0 aromatic heterocycles. The van der Waals surface area contributed by atoms with Crippen molar-refractivity contribution in [3.05, 3.63) is 33.8 Å². The van der Waals surface area contributed by atoms with E-state index >= 15 is 0 Å². The smallest absolute Gasteiger partial charge is 0.0178 e. The fraction of sp³-hybridized carbons (Fsp3) is 0.538. The standard InChI is InChI=1S/C13H16BrN/c14-11-5-4-9-7-13(8-10(9)6-11)15-12-2-1-3-12/h4-6,12-13,15H,1-3,7-8H2. The van der Waals surface area contributed by atoms with Crippen LogP contribution < -0.4 is 5.32 Å². The second-order valence-electron chi connectivity index (χ2n) is 4.81. The van der Waals surface area contributed by atoms with Crippen molar-refractivity contribution in [3.63, 3.8) is 0 Å². The van der Waals surface area contributed by atoms with Crippen molar-refractivity contribution in [1.29, 1.82) is 0 Å². The van der Waals surface area contributed by atoms with Crippen LogP contribution in [0.25, 0.3) is 0 Å². The molecule has 0 spiro atoms. The van der Waals surface area contributed by atoms with E-state index in [-0.39, 0.29) is 0 Å². The van der Waals surface area contributed by atoms with Gasteiger partial charge in [-0.25, -0.2) is 0 Å². The number of hydrogen-bond acceptors (Lipinski definition) is 1. The topological polar surface area (TPSA) is 12.0 Å². The highest BCUT2D eigenvalue weighted by Gasteiger charge is 2.26. The predicted octanol–water partition coefficient (Wildman–Crippen LogP) is 3.06. The summed E-state index contributed by atoms with van der Waals surface area (Å²) in [4.78, 5) is 0. The van der Waals surface area contributed by atoms with Crippen LogP contribution in [0.1, 0.15) is 30.4 Å². The van der Waals surface area contributed by atoms with Gasteiger partial charge >= 0.3 is 0 Å². The molecule has 2 aliphatic rings. The van der Waals surface area contributed by atoms with Gasteiger partial charge in [0.25, 0.3) is 0 Å². The van der Waals surface area contributed by atoms with E-state index in [0.29, 0.717) is 6.04 Å². The first-order chi connectivity index (χ1) is 7.31. The molecule has 1 saturated carbocycles. The lowest BCUT2D eigenvalue weighted by atomic mass is 9.92. The molecule has 1 N–H and O–H groups in total. The summed E-state index contributed by atoms with van der Waals surface area (Å²) in [7, 11) is 0. The van der Waals surface area contributed by atoms with E-state index in [4.69, 9.17) is 0 Å². The molecule has 1 nitrogen and oxygen atoms in total. The molecule has 1 atom stereocenters. The first-order valence-electron chi connectivity index (χ1n) is 5.84. The highest BCUT2D eigenvalue weighted by Crippen LogP contribution is 2.27. The number of nitrogens with one attached hydrogen (secondary N) is 1. The summed E-state index contributed by atoms with van der Waals surface area (Å²) in [6, 6.07) is 8.21. The van der Waals surface area contributed by atoms with Crippen LogP contribution in [0.2, 0.25) is 0 Å². The van der Waals surface area contributed by atoms with Crippen molar-refractivity contribution in [2.24, 2.45) is 0 Å². The van der Waals surface area contributed by atoms with Crippen molar-refractivity contribution in [2.75, 3.05) is 0 Å². The van der Waals surface area contributed by atoms with E-state index in [0.717, 1.165) is 6.04 Å². The second kappa shape index (κ2) is 3.91. The quantitative estimate of drug-likeness (QED) is 0.867. The highest BCUT2D eigenvalue weighted by molar-refractivity contribution is 9.10. The normalized spacial score (nSPS) is 25.0. The zero-order chi connectivity index (χ0) is 10.3. The lowest BCUT2D eigenvalue weighted by Crippen LogP contribution is -2.42. The van der Waals surface area contributed by atoms with Gasteiger partial charge in [-0.05, 0) is 48.9 Å². The monoisotopic (exact) mass is 265 g/mol. The Morgan fingerprint density at radius 3 is 2.60 bits per heavy atom. The van der Waals surface area contributed by atoms with Crippen LogP contribution in [0, 0.1) is 0 Å². The Balaban J connectivity index is 1.68. The molecule has 80 valence electrons. The third-order valence-corrected chi connectivity index (χ3v) is 4.17. The first-order valence-corrected chi connectivity index (χ1v) is 6.64. The van der Waals surface area contributed by atoms with Gasteiger partial charge < -0.3 is 5.32 Å². The maximum atomic E-state index is 3.77. The Morgan fingerprint density at radius 2 is 1.87 bits per heavy atom. The summed E-state index contributed by atoms with van der Waals surface area (Å²) in [5.74, 6) is 0. The maximum absolute atomic E-state index is 3.77. The van der Waals surface area contributed by atoms with Crippen molar-refractivity contribution in [1.82, 2.24) is 5.32 Å². The molecule has 2 heteroatoms. The van der Waals surface area contributed by atoms with Crippen LogP contribution in [-0.4, -0.2) is 12.1 Å². The van der Waals surface area contributed by atoms with Gasteiger partial charge in [0.2, 0.25) is 0 Å². The molecule has 15 heavy (non-hydrogen) atoms. The lowest BCUT2D eigenvalue weighted by Gasteiger charge is -2.29. The van der Waals surface area contributed by atoms with Crippen LogP contribution in [0.5, 0.6) is 0 Å². The van der Waals surface area contributed by atoms with E-state index in [1.807, 2.05) is 0 Å². The third kappa shape index (κ3) is 1.98. The van der Waals surface area contributed by atoms with Crippen LogP contribution in [-0.2, 0) is 12.8 Å². The number of fused-ring (bicyclic) bond motifs is 1. The third-order valence-electron chi connectivity index (χ3n) is 3.68. The molecule has 0 heterocycles. The Hall–Kier alpha value is -0.340. The molecule has 1 aromatic carbocycles. The van der Waals surface area contributed by atoms with Crippen molar-refractivity contribution in [3.8, 4) is 0 Å². The highest BCUT2D eigenvalue weighted by atomic mass is 79.9. The van der Waals surface area contributed by atoms with Crippen LogP contribution >= 0.6 is 15.9 Å². The average molecular weight is 266 g/mol. The van der Waals surface area contributed by atoms with Crippen molar-refractivity contribution >= 4 is 15.9 Å². The molecule has 0 radical (unpaired) electrons. The summed E-state index contributed by atoms with van der Waals surface area (Å²) in [6.07, 6.45) is 6.63. The molecule has 2 aliphatic carbocycles. The summed E-state index contributed by atoms with van der Waals surface area (Å²) in [5, 5.41) is 3.77. The van der Waals surface area contributed by atoms with Gasteiger partial charge in [-0.15, -0.1) is 0 Å². The Morgan fingerprint density at radius 1 is 1.07 bits per heavy atom. The summed E-state index contributed by atoms with van der Waals surface area (Å²) < 4.78 is 1.21. The Bertz CT molecular complexity index is 371. The zero-order valence-corrected chi connectivity index (χ0v) is 10.4. The molecule has 0 saturated heterocycles. The Labute approximate surface area is 99.4 Å². The van der Waals surface area contributed by atoms with Gasteiger partial charge in [-0.1, -0.05) is 28.4 Å². The summed E-state index contributed by atoms with van der Waals surface area (Å²) >= 11 is 3.54. The van der Waals surface area contributed by atoms with Crippen LogP contribution in [0.3, 0.4) is 0 Å². The first kappa shape index (κ1) is 9.86. The molecule has 3 rings (SSSR count). The zero-order valence-electron chi connectivity index (χ0n) is 8.80. The fourth-order valence-corrected chi connectivity index (χ4v) is 3.02. The van der Waals surface area contributed by atoms with Gasteiger partial charge in [0.05, 0.1) is 0 Å². The van der Waals surface area contributed by atoms with Crippen LogP contribution in [0.4, 0.5) is 0 Å². The van der Waals surface area contributed by atoms with E-state index in [2.05, 4.69) is 39.4 Å². The predicted molar refractivity (Wildman–Crippen MR) is 66.1 cm³/mol. The van der Waals surface area contributed by atoms with E-state index < -0.39 is 0 Å². The van der Waals surface area contributed by atoms with E-state index in [9.17, 15) is 0 Å². The van der Waals surface area contributed by atoms with Gasteiger partial charge in [0, 0.05) is 16.6 Å². The van der Waals surface area contributed by atoms with Crippen molar-refractivity contribution < 1.29 is 0 Å². The molecule has 0 amide bonds. The number of halogens is 1. The fourth-order valence-electron chi connectivity index (χ4n) is 2.61. The lowest BCUT2D eigenvalue weighted by molar-refractivity contribution is 0.306. The minimum Gasteiger partial charge on any atom is -0.311 e. The van der Waals surface area contributed by atoms with Gasteiger partial charge in [-0.2, -0.15) is 0 Å². The van der Waals surface area contributed by atoms with Crippen LogP contribution in [0.15, 0.2) is 22.7 Å². The molecule has 1 aromatic rings. The summed E-state index contributed by atoms with van der Waals surface area (Å²) in [6.45, 7) is 0. The SMILES string of the molecule is Brc1ccc2c(c1)CC(NC1CCC1)C2. The number of rotatable bonds is 2. The molecular formula is C13H16BrN. The van der Waals surface area contributed by atoms with Gasteiger partial charge in [-0.3, -0.25) is 0 Å². The largest absolute Gasteiger partial charge is 0.311 e.